The van der Waals surface area contributed by atoms with E-state index in [0.717, 1.165) is 0 Å². The van der Waals surface area contributed by atoms with Gasteiger partial charge in [-0.15, -0.1) is 0 Å². The number of carbonyl (C=O) groups excluding carboxylic acids is 2. The third kappa shape index (κ3) is 4.61. The first-order valence-electron chi connectivity index (χ1n) is 7.86. The maximum atomic E-state index is 12.2. The Balaban J connectivity index is 1.80. The molecule has 1 aliphatic rings. The first kappa shape index (κ1) is 17.1. The van der Waals surface area contributed by atoms with E-state index in [1.54, 1.807) is 31.1 Å². The zero-order chi connectivity index (χ0) is 16.7. The third-order valence-electron chi connectivity index (χ3n) is 3.89. The third-order valence-corrected chi connectivity index (χ3v) is 3.89. The molecule has 1 aromatic carbocycles. The fraction of sp³-hybridized carbons (Fsp3) is 0.529. The molecule has 1 aliphatic heterocycles. The van der Waals surface area contributed by atoms with Crippen LogP contribution in [0.25, 0.3) is 0 Å². The average molecular weight is 321 g/mol. The standard InChI is InChI=1S/C17H23NO5/c1-3-22-17(20)13-8-10-18(11-9-13)16(19)12-23-15-7-5-4-6-14(15)21-2/h4-7,13H,3,8-12H2,1-2H3. The van der Waals surface area contributed by atoms with Crippen molar-refractivity contribution in [2.45, 2.75) is 19.8 Å². The van der Waals surface area contributed by atoms with Gasteiger partial charge >= 0.3 is 5.97 Å². The Bertz CT molecular complexity index is 538. The average Bonchev–Trinajstić information content (AvgIpc) is 2.60. The van der Waals surface area contributed by atoms with Crippen molar-refractivity contribution in [3.8, 4) is 11.5 Å². The Kier molecular flexibility index (Phi) is 6.26. The minimum Gasteiger partial charge on any atom is -0.493 e. The molecule has 0 N–H and O–H groups in total. The molecule has 0 bridgehead atoms. The van der Waals surface area contributed by atoms with Gasteiger partial charge in [0.2, 0.25) is 0 Å². The van der Waals surface area contributed by atoms with Gasteiger partial charge < -0.3 is 19.1 Å². The Hall–Kier alpha value is -2.24. The summed E-state index contributed by atoms with van der Waals surface area (Å²) in [4.78, 5) is 25.6. The highest BCUT2D eigenvalue weighted by atomic mass is 16.5. The zero-order valence-electron chi connectivity index (χ0n) is 13.6. The van der Waals surface area contributed by atoms with Crippen molar-refractivity contribution in [1.29, 1.82) is 0 Å². The molecule has 1 fully saturated rings. The molecule has 6 heteroatoms. The van der Waals surface area contributed by atoms with Crippen LogP contribution in [0, 0.1) is 5.92 Å². The fourth-order valence-electron chi connectivity index (χ4n) is 2.59. The number of likely N-dealkylation sites (tertiary alicyclic amines) is 1. The summed E-state index contributed by atoms with van der Waals surface area (Å²) in [6.07, 6.45) is 1.28. The van der Waals surface area contributed by atoms with Crippen molar-refractivity contribution in [1.82, 2.24) is 4.90 Å². The van der Waals surface area contributed by atoms with Gasteiger partial charge in [-0.2, -0.15) is 0 Å². The second-order valence-electron chi connectivity index (χ2n) is 5.35. The number of hydrogen-bond acceptors (Lipinski definition) is 5. The molecule has 1 aromatic rings. The van der Waals surface area contributed by atoms with Crippen LogP contribution in [-0.4, -0.2) is 50.2 Å². The van der Waals surface area contributed by atoms with Crippen LogP contribution in [0.1, 0.15) is 19.8 Å². The van der Waals surface area contributed by atoms with E-state index in [9.17, 15) is 9.59 Å². The number of methoxy groups -OCH3 is 1. The maximum Gasteiger partial charge on any atom is 0.309 e. The molecule has 0 aromatic heterocycles. The minimum atomic E-state index is -0.162. The molecule has 126 valence electrons. The zero-order valence-corrected chi connectivity index (χ0v) is 13.6. The molecule has 0 radical (unpaired) electrons. The number of esters is 1. The summed E-state index contributed by atoms with van der Waals surface area (Å²) in [6, 6.07) is 7.21. The van der Waals surface area contributed by atoms with E-state index in [4.69, 9.17) is 14.2 Å². The summed E-state index contributed by atoms with van der Waals surface area (Å²) in [5.74, 6) is 0.795. The van der Waals surface area contributed by atoms with Crippen LogP contribution >= 0.6 is 0 Å². The molecule has 1 heterocycles. The molecule has 0 saturated carbocycles. The quantitative estimate of drug-likeness (QED) is 0.749. The maximum absolute atomic E-state index is 12.2. The van der Waals surface area contributed by atoms with Crippen molar-refractivity contribution in [3.63, 3.8) is 0 Å². The first-order chi connectivity index (χ1) is 11.2. The number of carbonyl (C=O) groups is 2. The van der Waals surface area contributed by atoms with E-state index in [2.05, 4.69) is 0 Å². The Labute approximate surface area is 136 Å². The van der Waals surface area contributed by atoms with Gasteiger partial charge in [-0.05, 0) is 31.9 Å². The van der Waals surface area contributed by atoms with Crippen molar-refractivity contribution in [2.24, 2.45) is 5.92 Å². The molecule has 6 nitrogen and oxygen atoms in total. The number of amides is 1. The summed E-state index contributed by atoms with van der Waals surface area (Å²) in [6.45, 7) is 3.26. The second-order valence-corrected chi connectivity index (χ2v) is 5.35. The summed E-state index contributed by atoms with van der Waals surface area (Å²) >= 11 is 0. The lowest BCUT2D eigenvalue weighted by molar-refractivity contribution is -0.151. The predicted octanol–water partition coefficient (Wildman–Crippen LogP) is 1.88. The largest absolute Gasteiger partial charge is 0.493 e. The van der Waals surface area contributed by atoms with E-state index in [1.807, 2.05) is 12.1 Å². The number of benzene rings is 1. The van der Waals surface area contributed by atoms with Crippen LogP contribution < -0.4 is 9.47 Å². The fourth-order valence-corrected chi connectivity index (χ4v) is 2.59. The number of ether oxygens (including phenoxy) is 3. The molecule has 1 saturated heterocycles. The van der Waals surface area contributed by atoms with E-state index >= 15 is 0 Å². The molecule has 0 spiro atoms. The smallest absolute Gasteiger partial charge is 0.309 e. The Morgan fingerprint density at radius 3 is 2.43 bits per heavy atom. The second kappa shape index (κ2) is 8.41. The van der Waals surface area contributed by atoms with Crippen LogP contribution in [0.5, 0.6) is 11.5 Å². The number of piperidine rings is 1. The Morgan fingerprint density at radius 1 is 1.17 bits per heavy atom. The number of para-hydroxylation sites is 2. The molecule has 2 rings (SSSR count). The molecule has 0 unspecified atom stereocenters. The topological polar surface area (TPSA) is 65.1 Å². The van der Waals surface area contributed by atoms with E-state index in [-0.39, 0.29) is 24.4 Å². The molecule has 0 atom stereocenters. The highest BCUT2D eigenvalue weighted by molar-refractivity contribution is 5.78. The Morgan fingerprint density at radius 2 is 1.83 bits per heavy atom. The highest BCUT2D eigenvalue weighted by Gasteiger charge is 2.28. The summed E-state index contributed by atoms with van der Waals surface area (Å²) < 4.78 is 15.8. The van der Waals surface area contributed by atoms with Gasteiger partial charge in [0.1, 0.15) is 0 Å². The van der Waals surface area contributed by atoms with Gasteiger partial charge in [0.15, 0.2) is 18.1 Å². The SMILES string of the molecule is CCOC(=O)C1CCN(C(=O)COc2ccccc2OC)CC1. The van der Waals surface area contributed by atoms with Gasteiger partial charge in [0.25, 0.3) is 5.91 Å². The first-order valence-corrected chi connectivity index (χ1v) is 7.86. The molecule has 0 aliphatic carbocycles. The van der Waals surface area contributed by atoms with Gasteiger partial charge in [-0.1, -0.05) is 12.1 Å². The van der Waals surface area contributed by atoms with Crippen LogP contribution in [0.4, 0.5) is 0 Å². The minimum absolute atomic E-state index is 0.0373. The summed E-state index contributed by atoms with van der Waals surface area (Å²) in [5.41, 5.74) is 0. The molecular weight excluding hydrogens is 298 g/mol. The summed E-state index contributed by atoms with van der Waals surface area (Å²) in [5, 5.41) is 0. The molecule has 23 heavy (non-hydrogen) atoms. The van der Waals surface area contributed by atoms with Crippen molar-refractivity contribution in [2.75, 3.05) is 33.4 Å². The molecular formula is C17H23NO5. The van der Waals surface area contributed by atoms with E-state index < -0.39 is 0 Å². The monoisotopic (exact) mass is 321 g/mol. The van der Waals surface area contributed by atoms with Gasteiger partial charge in [-0.25, -0.2) is 0 Å². The lowest BCUT2D eigenvalue weighted by Gasteiger charge is -2.30. The number of rotatable bonds is 6. The van der Waals surface area contributed by atoms with Crippen LogP contribution in [0.15, 0.2) is 24.3 Å². The van der Waals surface area contributed by atoms with Gasteiger partial charge in [0, 0.05) is 13.1 Å². The van der Waals surface area contributed by atoms with Crippen LogP contribution in [0.2, 0.25) is 0 Å². The van der Waals surface area contributed by atoms with E-state index in [0.29, 0.717) is 44.0 Å². The highest BCUT2D eigenvalue weighted by Crippen LogP contribution is 2.26. The van der Waals surface area contributed by atoms with E-state index in [1.165, 1.54) is 0 Å². The lowest BCUT2D eigenvalue weighted by Crippen LogP contribution is -2.42. The van der Waals surface area contributed by atoms with Gasteiger partial charge in [0.05, 0.1) is 19.6 Å². The normalized spacial score (nSPS) is 15.1. The predicted molar refractivity (Wildman–Crippen MR) is 84.4 cm³/mol. The summed E-state index contributed by atoms with van der Waals surface area (Å²) in [7, 11) is 1.56. The molecule has 1 amide bonds. The van der Waals surface area contributed by atoms with Crippen molar-refractivity contribution < 1.29 is 23.8 Å². The van der Waals surface area contributed by atoms with Gasteiger partial charge in [-0.3, -0.25) is 9.59 Å². The number of nitrogens with zero attached hydrogens (tertiary/aromatic N) is 1. The lowest BCUT2D eigenvalue weighted by atomic mass is 9.97. The van der Waals surface area contributed by atoms with Crippen LogP contribution in [-0.2, 0) is 14.3 Å². The van der Waals surface area contributed by atoms with Crippen molar-refractivity contribution in [3.05, 3.63) is 24.3 Å². The van der Waals surface area contributed by atoms with Crippen LogP contribution in [0.3, 0.4) is 0 Å². The number of hydrogen-bond donors (Lipinski definition) is 0. The van der Waals surface area contributed by atoms with Crippen molar-refractivity contribution >= 4 is 11.9 Å².